The van der Waals surface area contributed by atoms with E-state index in [2.05, 4.69) is 105 Å². The van der Waals surface area contributed by atoms with E-state index >= 15 is 0 Å². The quantitative estimate of drug-likeness (QED) is 0.0336. The summed E-state index contributed by atoms with van der Waals surface area (Å²) in [5, 5.41) is 18.4. The fraction of sp³-hybridized carbons (Fsp3) is 0.489. The third-order valence-corrected chi connectivity index (χ3v) is 18.0. The zero-order chi connectivity index (χ0) is 44.0. The molecule has 1 aliphatic heterocycles. The molecule has 326 valence electrons. The van der Waals surface area contributed by atoms with Crippen LogP contribution in [0.25, 0.3) is 11.2 Å². The lowest BCUT2D eigenvalue weighted by atomic mass is 9.80. The SMILES string of the molecule is COc1ccc(C(OC[C@H]2O[C@@H](n3nnc4cncnc43)[C@H](O[Si](C)(C)C(C)(C)C)[C@@H]2OP(OCCC#N)N(C(C)C)C(C)C)(c2ccccc2)c2ccc(OC)cc2)cc1. The van der Waals surface area contributed by atoms with E-state index in [1.165, 1.54) is 6.33 Å². The minimum Gasteiger partial charge on any atom is -0.497 e. The van der Waals surface area contributed by atoms with Gasteiger partial charge in [-0.25, -0.2) is 14.6 Å². The Kier molecular flexibility index (Phi) is 15.0. The molecular weight excluding hydrogens is 810 g/mol. The molecule has 1 unspecified atom stereocenters. The third kappa shape index (κ3) is 9.98. The Hall–Kier alpha value is -4.36. The van der Waals surface area contributed by atoms with E-state index in [-0.39, 0.29) is 36.8 Å². The molecule has 0 amide bonds. The Bertz CT molecular complexity index is 2140. The molecule has 0 saturated carbocycles. The number of ether oxygens (including phenoxy) is 4. The van der Waals surface area contributed by atoms with E-state index in [0.717, 1.165) is 28.2 Å². The Morgan fingerprint density at radius 3 is 2.00 bits per heavy atom. The number of aromatic nitrogens is 5. The van der Waals surface area contributed by atoms with Crippen LogP contribution in [0, 0.1) is 11.3 Å². The number of rotatable bonds is 19. The normalized spacial score (nSPS) is 19.2. The van der Waals surface area contributed by atoms with Crippen molar-refractivity contribution in [1.82, 2.24) is 29.6 Å². The molecule has 61 heavy (non-hydrogen) atoms. The fourth-order valence-corrected chi connectivity index (χ4v) is 10.4. The van der Waals surface area contributed by atoms with E-state index in [0.29, 0.717) is 11.2 Å². The maximum atomic E-state index is 9.55. The number of nitriles is 1. The number of hydrogen-bond acceptors (Lipinski definition) is 13. The number of benzene rings is 3. The number of hydrogen-bond donors (Lipinski definition) is 0. The van der Waals surface area contributed by atoms with Crippen molar-refractivity contribution in [1.29, 1.82) is 5.26 Å². The molecule has 1 aliphatic rings. The predicted octanol–water partition coefficient (Wildman–Crippen LogP) is 9.20. The van der Waals surface area contributed by atoms with Crippen molar-refractivity contribution in [3.63, 3.8) is 0 Å². The van der Waals surface area contributed by atoms with Gasteiger partial charge in [-0.1, -0.05) is 80.6 Å². The van der Waals surface area contributed by atoms with Gasteiger partial charge in [0.2, 0.25) is 0 Å². The summed E-state index contributed by atoms with van der Waals surface area (Å²) in [6.45, 7) is 19.7. The van der Waals surface area contributed by atoms with Crippen molar-refractivity contribution < 1.29 is 32.4 Å². The van der Waals surface area contributed by atoms with Crippen LogP contribution in [-0.4, -0.2) is 95.8 Å². The minimum absolute atomic E-state index is 0.0395. The van der Waals surface area contributed by atoms with Crippen LogP contribution >= 0.6 is 8.53 Å². The lowest BCUT2D eigenvalue weighted by Crippen LogP contribution is -2.50. The van der Waals surface area contributed by atoms with Crippen LogP contribution in [0.3, 0.4) is 0 Å². The Balaban J connectivity index is 1.54. The molecule has 1 fully saturated rings. The Morgan fingerprint density at radius 2 is 1.46 bits per heavy atom. The maximum Gasteiger partial charge on any atom is 0.259 e. The predicted molar refractivity (Wildman–Crippen MR) is 237 cm³/mol. The van der Waals surface area contributed by atoms with E-state index in [1.54, 1.807) is 25.1 Å². The molecule has 16 heteroatoms. The van der Waals surface area contributed by atoms with Crippen molar-refractivity contribution >= 4 is 28.0 Å². The molecule has 6 rings (SSSR count). The second-order valence-corrected chi connectivity index (χ2v) is 23.3. The van der Waals surface area contributed by atoms with Crippen LogP contribution < -0.4 is 9.47 Å². The van der Waals surface area contributed by atoms with Crippen LogP contribution in [0.4, 0.5) is 0 Å². The van der Waals surface area contributed by atoms with Crippen LogP contribution in [0.2, 0.25) is 18.1 Å². The number of nitrogens with zero attached hydrogens (tertiary/aromatic N) is 7. The molecule has 1 saturated heterocycles. The zero-order valence-electron chi connectivity index (χ0n) is 37.2. The summed E-state index contributed by atoms with van der Waals surface area (Å²) in [5.41, 5.74) is 2.51. The second kappa shape index (κ2) is 19.8. The minimum atomic E-state index is -2.56. The molecule has 5 aromatic rings. The number of fused-ring (bicyclic) bond motifs is 1. The topological polar surface area (TPSA) is 148 Å². The van der Waals surface area contributed by atoms with Crippen LogP contribution in [0.15, 0.2) is 91.4 Å². The maximum absolute atomic E-state index is 9.55. The fourth-order valence-electron chi connectivity index (χ4n) is 7.36. The molecular formula is C45H60N7O7PSi. The summed E-state index contributed by atoms with van der Waals surface area (Å²) < 4.78 is 51.1. The highest BCUT2D eigenvalue weighted by atomic mass is 31.2. The largest absolute Gasteiger partial charge is 0.497 e. The third-order valence-electron chi connectivity index (χ3n) is 11.4. The molecule has 0 spiro atoms. The van der Waals surface area contributed by atoms with Gasteiger partial charge >= 0.3 is 0 Å². The van der Waals surface area contributed by atoms with Gasteiger partial charge in [-0.2, -0.15) is 9.94 Å². The average Bonchev–Trinajstić information content (AvgIpc) is 3.81. The highest BCUT2D eigenvalue weighted by Gasteiger charge is 2.55. The van der Waals surface area contributed by atoms with Crippen molar-refractivity contribution in [2.75, 3.05) is 27.4 Å². The summed E-state index contributed by atoms with van der Waals surface area (Å²) in [6.07, 6.45) is 0.262. The molecule has 5 atom stereocenters. The summed E-state index contributed by atoms with van der Waals surface area (Å²) in [5.74, 6) is 1.44. The van der Waals surface area contributed by atoms with Gasteiger partial charge in [-0.15, -0.1) is 5.10 Å². The summed E-state index contributed by atoms with van der Waals surface area (Å²) in [4.78, 5) is 8.77. The van der Waals surface area contributed by atoms with E-state index < -0.39 is 47.0 Å². The Labute approximate surface area is 362 Å². The standard InChI is InChI=1S/C45H60N7O7PSi/c1-31(2)52(32(3)4)60(56-27-15-26-46)58-40-39(57-43(41(40)59-61(10,11)44(5,6)7)51-42-38(49-50-51)28-47-30-48-42)29-55-45(33-16-13-12-14-17-33,34-18-22-36(53-8)23-19-34)35-20-24-37(54-9)25-21-35/h12-14,16-25,28,30-32,39-41,43H,15,27,29H2,1-11H3/t39-,40-,41-,43-,60?/m1/s1. The Morgan fingerprint density at radius 1 is 0.869 bits per heavy atom. The van der Waals surface area contributed by atoms with E-state index in [9.17, 15) is 5.26 Å². The molecule has 3 heterocycles. The van der Waals surface area contributed by atoms with Crippen LogP contribution in [0.5, 0.6) is 11.5 Å². The zero-order valence-corrected chi connectivity index (χ0v) is 39.1. The monoisotopic (exact) mass is 869 g/mol. The molecule has 0 aliphatic carbocycles. The highest BCUT2D eigenvalue weighted by molar-refractivity contribution is 7.44. The van der Waals surface area contributed by atoms with Gasteiger partial charge in [0.05, 0.1) is 46.1 Å². The van der Waals surface area contributed by atoms with Gasteiger partial charge in [0.25, 0.3) is 8.53 Å². The summed E-state index contributed by atoms with van der Waals surface area (Å²) in [7, 11) is -1.02. The molecule has 0 N–H and O–H groups in total. The summed E-state index contributed by atoms with van der Waals surface area (Å²) >= 11 is 0. The molecule has 0 bridgehead atoms. The first-order valence-electron chi connectivity index (χ1n) is 20.7. The highest BCUT2D eigenvalue weighted by Crippen LogP contribution is 2.52. The van der Waals surface area contributed by atoms with Gasteiger partial charge in [0, 0.05) is 12.1 Å². The van der Waals surface area contributed by atoms with Crippen molar-refractivity contribution in [2.24, 2.45) is 0 Å². The van der Waals surface area contributed by atoms with Gasteiger partial charge in [0.1, 0.15) is 41.7 Å². The second-order valence-electron chi connectivity index (χ2n) is 17.1. The molecule has 2 aromatic heterocycles. The van der Waals surface area contributed by atoms with Gasteiger partial charge in [0.15, 0.2) is 25.7 Å². The van der Waals surface area contributed by atoms with E-state index in [1.807, 2.05) is 66.7 Å². The van der Waals surface area contributed by atoms with Gasteiger partial charge < -0.3 is 32.4 Å². The van der Waals surface area contributed by atoms with Gasteiger partial charge in [-0.05, 0) is 86.8 Å². The van der Waals surface area contributed by atoms with Crippen molar-refractivity contribution in [2.45, 2.75) is 115 Å². The lowest BCUT2D eigenvalue weighted by molar-refractivity contribution is -0.0954. The van der Waals surface area contributed by atoms with Crippen molar-refractivity contribution in [3.8, 4) is 17.6 Å². The van der Waals surface area contributed by atoms with Crippen molar-refractivity contribution in [3.05, 3.63) is 108 Å². The smallest absolute Gasteiger partial charge is 0.259 e. The first-order chi connectivity index (χ1) is 29.1. The van der Waals surface area contributed by atoms with Crippen LogP contribution in [0.1, 0.15) is 77.8 Å². The molecule has 14 nitrogen and oxygen atoms in total. The number of methoxy groups -OCH3 is 2. The van der Waals surface area contributed by atoms with Crippen LogP contribution in [-0.2, 0) is 28.5 Å². The average molecular weight is 870 g/mol. The van der Waals surface area contributed by atoms with Gasteiger partial charge in [-0.3, -0.25) is 0 Å². The first-order valence-corrected chi connectivity index (χ1v) is 24.8. The molecule has 3 aromatic carbocycles. The summed E-state index contributed by atoms with van der Waals surface area (Å²) in [6, 6.07) is 28.3. The molecule has 0 radical (unpaired) electrons. The first kappa shape index (κ1) is 46.1. The van der Waals surface area contributed by atoms with E-state index in [4.69, 9.17) is 32.4 Å². The lowest BCUT2D eigenvalue weighted by Gasteiger charge is -2.42.